The Morgan fingerprint density at radius 3 is 2.43 bits per heavy atom. The lowest BCUT2D eigenvalue weighted by molar-refractivity contribution is 0.143. The molecule has 0 aliphatic heterocycles. The van der Waals surface area contributed by atoms with Crippen LogP contribution in [0, 0.1) is 11.3 Å². The van der Waals surface area contributed by atoms with Gasteiger partial charge in [0.05, 0.1) is 0 Å². The summed E-state index contributed by atoms with van der Waals surface area (Å²) in [5, 5.41) is 0. The molecule has 0 aromatic heterocycles. The Kier molecular flexibility index (Phi) is 4.39. The van der Waals surface area contributed by atoms with Gasteiger partial charge in [0.15, 0.2) is 0 Å². The van der Waals surface area contributed by atoms with Gasteiger partial charge in [-0.3, -0.25) is 0 Å². The van der Waals surface area contributed by atoms with Crippen molar-refractivity contribution < 1.29 is 4.74 Å². The molecule has 0 heterocycles. The first-order valence-corrected chi connectivity index (χ1v) is 5.84. The van der Waals surface area contributed by atoms with Crippen LogP contribution in [0.25, 0.3) is 0 Å². The zero-order valence-corrected chi connectivity index (χ0v) is 9.88. The summed E-state index contributed by atoms with van der Waals surface area (Å²) in [6.07, 6.45) is 6.44. The summed E-state index contributed by atoms with van der Waals surface area (Å²) in [5.41, 5.74) is 6.74. The second-order valence-electron chi connectivity index (χ2n) is 5.15. The van der Waals surface area contributed by atoms with E-state index in [1.54, 1.807) is 7.11 Å². The van der Waals surface area contributed by atoms with Crippen molar-refractivity contribution in [2.45, 2.75) is 52.0 Å². The molecule has 1 aliphatic rings. The van der Waals surface area contributed by atoms with E-state index < -0.39 is 0 Å². The van der Waals surface area contributed by atoms with Crippen LogP contribution in [0.5, 0.6) is 0 Å². The first-order chi connectivity index (χ1) is 6.60. The normalized spacial score (nSPS) is 24.9. The maximum Gasteiger partial charge on any atom is 0.0465 e. The van der Waals surface area contributed by atoms with Crippen molar-refractivity contribution in [1.82, 2.24) is 0 Å². The fourth-order valence-corrected chi connectivity index (χ4v) is 2.69. The second-order valence-corrected chi connectivity index (χ2v) is 5.15. The lowest BCUT2D eigenvalue weighted by Gasteiger charge is -2.35. The third kappa shape index (κ3) is 2.71. The molecule has 0 saturated heterocycles. The molecule has 2 heteroatoms. The topological polar surface area (TPSA) is 35.2 Å². The van der Waals surface area contributed by atoms with Crippen LogP contribution in [-0.2, 0) is 4.74 Å². The van der Waals surface area contributed by atoms with Crippen LogP contribution in [0.15, 0.2) is 0 Å². The van der Waals surface area contributed by atoms with Crippen molar-refractivity contribution in [1.29, 1.82) is 0 Å². The van der Waals surface area contributed by atoms with Gasteiger partial charge in [-0.15, -0.1) is 0 Å². The molecule has 1 fully saturated rings. The molecule has 2 N–H and O–H groups in total. The van der Waals surface area contributed by atoms with Crippen LogP contribution in [0.4, 0.5) is 0 Å². The number of methoxy groups -OCH3 is 1. The highest BCUT2D eigenvalue weighted by Crippen LogP contribution is 2.42. The van der Waals surface area contributed by atoms with Crippen LogP contribution in [-0.4, -0.2) is 19.8 Å². The predicted octanol–water partition coefficient (Wildman–Crippen LogP) is 2.57. The summed E-state index contributed by atoms with van der Waals surface area (Å²) in [6.45, 7) is 5.45. The Hall–Kier alpha value is -0.0800. The monoisotopic (exact) mass is 199 g/mol. The van der Waals surface area contributed by atoms with Crippen LogP contribution < -0.4 is 5.73 Å². The molecule has 0 aromatic carbocycles. The average molecular weight is 199 g/mol. The quantitative estimate of drug-likeness (QED) is 0.738. The zero-order chi connectivity index (χ0) is 10.6. The van der Waals surface area contributed by atoms with E-state index in [4.69, 9.17) is 10.5 Å². The van der Waals surface area contributed by atoms with Crippen molar-refractivity contribution in [2.75, 3.05) is 13.7 Å². The van der Waals surface area contributed by atoms with Crippen LogP contribution in [0.1, 0.15) is 46.0 Å². The minimum Gasteiger partial charge on any atom is -0.385 e. The summed E-state index contributed by atoms with van der Waals surface area (Å²) in [6, 6.07) is 0.347. The molecule has 84 valence electrons. The molecule has 2 unspecified atom stereocenters. The van der Waals surface area contributed by atoms with Crippen molar-refractivity contribution in [3.63, 3.8) is 0 Å². The Morgan fingerprint density at radius 2 is 1.93 bits per heavy atom. The van der Waals surface area contributed by atoms with Gasteiger partial charge in [0.1, 0.15) is 0 Å². The molecular formula is C12H25NO. The highest BCUT2D eigenvalue weighted by atomic mass is 16.5. The Bertz CT molecular complexity index is 164. The van der Waals surface area contributed by atoms with Crippen LogP contribution >= 0.6 is 0 Å². The Labute approximate surface area is 88.2 Å². The van der Waals surface area contributed by atoms with Gasteiger partial charge in [0, 0.05) is 19.8 Å². The summed E-state index contributed by atoms with van der Waals surface area (Å²) in [7, 11) is 1.76. The molecule has 0 radical (unpaired) electrons. The standard InChI is InChI=1S/C12H25NO/c1-10(6-9-14-3)11(13)12(2)7-4-5-8-12/h10-11H,4-9,13H2,1-3H3. The SMILES string of the molecule is COCCC(C)C(N)C1(C)CCCC1. The van der Waals surface area contributed by atoms with Gasteiger partial charge in [-0.05, 0) is 30.6 Å². The van der Waals surface area contributed by atoms with E-state index in [0.717, 1.165) is 13.0 Å². The summed E-state index contributed by atoms with van der Waals surface area (Å²) in [4.78, 5) is 0. The number of hydrogen-bond acceptors (Lipinski definition) is 2. The maximum atomic E-state index is 6.34. The highest BCUT2D eigenvalue weighted by Gasteiger charge is 2.37. The molecule has 14 heavy (non-hydrogen) atoms. The minimum atomic E-state index is 0.347. The third-order valence-corrected chi connectivity index (χ3v) is 3.94. The lowest BCUT2D eigenvalue weighted by Crippen LogP contribution is -2.43. The van der Waals surface area contributed by atoms with E-state index in [9.17, 15) is 0 Å². The van der Waals surface area contributed by atoms with E-state index in [-0.39, 0.29) is 0 Å². The smallest absolute Gasteiger partial charge is 0.0465 e. The molecule has 0 aromatic rings. The van der Waals surface area contributed by atoms with Gasteiger partial charge < -0.3 is 10.5 Å². The number of hydrogen-bond donors (Lipinski definition) is 1. The first kappa shape index (κ1) is 12.0. The molecule has 0 spiro atoms. The van der Waals surface area contributed by atoms with Gasteiger partial charge in [-0.1, -0.05) is 26.7 Å². The largest absolute Gasteiger partial charge is 0.385 e. The summed E-state index contributed by atoms with van der Waals surface area (Å²) >= 11 is 0. The average Bonchev–Trinajstić information content (AvgIpc) is 2.61. The van der Waals surface area contributed by atoms with Crippen molar-refractivity contribution >= 4 is 0 Å². The molecule has 2 nitrogen and oxygen atoms in total. The van der Waals surface area contributed by atoms with E-state index in [1.165, 1.54) is 25.7 Å². The van der Waals surface area contributed by atoms with E-state index in [1.807, 2.05) is 0 Å². The van der Waals surface area contributed by atoms with E-state index in [2.05, 4.69) is 13.8 Å². The zero-order valence-electron chi connectivity index (χ0n) is 9.88. The lowest BCUT2D eigenvalue weighted by atomic mass is 9.75. The molecule has 0 amide bonds. The molecule has 0 bridgehead atoms. The van der Waals surface area contributed by atoms with Crippen molar-refractivity contribution in [3.05, 3.63) is 0 Å². The minimum absolute atomic E-state index is 0.347. The molecule has 2 atom stereocenters. The van der Waals surface area contributed by atoms with Gasteiger partial charge in [0.25, 0.3) is 0 Å². The number of ether oxygens (including phenoxy) is 1. The molecular weight excluding hydrogens is 174 g/mol. The third-order valence-electron chi connectivity index (χ3n) is 3.94. The second kappa shape index (κ2) is 5.13. The number of rotatable bonds is 5. The number of nitrogens with two attached hydrogens (primary N) is 1. The molecule has 1 aliphatic carbocycles. The Balaban J connectivity index is 2.41. The van der Waals surface area contributed by atoms with Crippen LogP contribution in [0.2, 0.25) is 0 Å². The summed E-state index contributed by atoms with van der Waals surface area (Å²) < 4.78 is 5.10. The fraction of sp³-hybridized carbons (Fsp3) is 1.00. The fourth-order valence-electron chi connectivity index (χ4n) is 2.69. The first-order valence-electron chi connectivity index (χ1n) is 5.84. The van der Waals surface area contributed by atoms with E-state index >= 15 is 0 Å². The van der Waals surface area contributed by atoms with Crippen molar-refractivity contribution in [2.24, 2.45) is 17.1 Å². The van der Waals surface area contributed by atoms with E-state index in [0.29, 0.717) is 17.4 Å². The Morgan fingerprint density at radius 1 is 1.36 bits per heavy atom. The van der Waals surface area contributed by atoms with Crippen molar-refractivity contribution in [3.8, 4) is 0 Å². The van der Waals surface area contributed by atoms with Gasteiger partial charge >= 0.3 is 0 Å². The molecule has 1 rings (SSSR count). The van der Waals surface area contributed by atoms with Gasteiger partial charge in [-0.25, -0.2) is 0 Å². The van der Waals surface area contributed by atoms with Crippen LogP contribution in [0.3, 0.4) is 0 Å². The highest BCUT2D eigenvalue weighted by molar-refractivity contribution is 4.91. The molecule has 1 saturated carbocycles. The predicted molar refractivity (Wildman–Crippen MR) is 60.2 cm³/mol. The summed E-state index contributed by atoms with van der Waals surface area (Å²) in [5.74, 6) is 0.582. The maximum absolute atomic E-state index is 6.34. The van der Waals surface area contributed by atoms with Gasteiger partial charge in [0.2, 0.25) is 0 Å². The van der Waals surface area contributed by atoms with Gasteiger partial charge in [-0.2, -0.15) is 0 Å².